The molecule has 1 amide bonds. The van der Waals surface area contributed by atoms with Crippen LogP contribution in [-0.2, 0) is 9.59 Å². The van der Waals surface area contributed by atoms with E-state index < -0.39 is 0 Å². The maximum absolute atomic E-state index is 11.9. The molecule has 2 rings (SSSR count). The van der Waals surface area contributed by atoms with Crippen molar-refractivity contribution >= 4 is 18.4 Å². The van der Waals surface area contributed by atoms with E-state index in [1.807, 2.05) is 6.21 Å². The summed E-state index contributed by atoms with van der Waals surface area (Å²) in [6.07, 6.45) is 12.5. The molecule has 0 saturated heterocycles. The highest BCUT2D eigenvalue weighted by Crippen LogP contribution is 2.27. The molecule has 0 radical (unpaired) electrons. The zero-order valence-corrected chi connectivity index (χ0v) is 11.5. The summed E-state index contributed by atoms with van der Waals surface area (Å²) in [5.74, 6) is 0.769. The molecule has 106 valence electrons. The number of nitrogens with one attached hydrogen (secondary N) is 1. The van der Waals surface area contributed by atoms with Crippen LogP contribution in [0, 0.1) is 17.8 Å². The zero-order chi connectivity index (χ0) is 13.5. The predicted octanol–water partition coefficient (Wildman–Crippen LogP) is 2.67. The van der Waals surface area contributed by atoms with Crippen molar-refractivity contribution in [2.24, 2.45) is 22.9 Å². The van der Waals surface area contributed by atoms with Crippen molar-refractivity contribution in [1.29, 1.82) is 0 Å². The molecule has 2 aliphatic carbocycles. The van der Waals surface area contributed by atoms with Crippen LogP contribution in [0.4, 0.5) is 0 Å². The van der Waals surface area contributed by atoms with E-state index in [9.17, 15) is 9.59 Å². The lowest BCUT2D eigenvalue weighted by Gasteiger charge is -2.23. The second-order valence-electron chi connectivity index (χ2n) is 5.90. The Bertz CT molecular complexity index is 327. The van der Waals surface area contributed by atoms with E-state index >= 15 is 0 Å². The van der Waals surface area contributed by atoms with Gasteiger partial charge in [0.25, 0.3) is 0 Å². The van der Waals surface area contributed by atoms with Gasteiger partial charge in [-0.15, -0.1) is 0 Å². The molecule has 4 heteroatoms. The normalized spacial score (nSPS) is 29.3. The number of hydrogen-bond donors (Lipinski definition) is 1. The van der Waals surface area contributed by atoms with Crippen LogP contribution in [0.2, 0.25) is 0 Å². The fourth-order valence-corrected chi connectivity index (χ4v) is 3.10. The smallest absolute Gasteiger partial charge is 0.243 e. The highest BCUT2D eigenvalue weighted by Gasteiger charge is 2.25. The zero-order valence-electron chi connectivity index (χ0n) is 11.5. The first-order chi connectivity index (χ1) is 9.29. The fourth-order valence-electron chi connectivity index (χ4n) is 3.10. The van der Waals surface area contributed by atoms with Gasteiger partial charge in [-0.1, -0.05) is 19.3 Å². The summed E-state index contributed by atoms with van der Waals surface area (Å²) < 4.78 is 0. The van der Waals surface area contributed by atoms with E-state index in [4.69, 9.17) is 0 Å². The minimum atomic E-state index is 0.0245. The number of rotatable bonds is 4. The second-order valence-corrected chi connectivity index (χ2v) is 5.90. The Morgan fingerprint density at radius 3 is 2.26 bits per heavy atom. The summed E-state index contributed by atoms with van der Waals surface area (Å²) in [6, 6.07) is 0. The Labute approximate surface area is 115 Å². The molecule has 2 saturated carbocycles. The fraction of sp³-hybridized carbons (Fsp3) is 0.800. The minimum absolute atomic E-state index is 0.0245. The lowest BCUT2D eigenvalue weighted by atomic mass is 9.82. The molecule has 0 aromatic heterocycles. The number of carbonyl (C=O) groups excluding carboxylic acids is 2. The number of aldehydes is 1. The topological polar surface area (TPSA) is 58.5 Å². The molecule has 0 bridgehead atoms. The third-order valence-corrected chi connectivity index (χ3v) is 4.45. The predicted molar refractivity (Wildman–Crippen MR) is 74.7 cm³/mol. The van der Waals surface area contributed by atoms with Crippen LogP contribution in [-0.4, -0.2) is 18.4 Å². The largest absolute Gasteiger partial charge is 0.303 e. The third-order valence-electron chi connectivity index (χ3n) is 4.45. The van der Waals surface area contributed by atoms with Crippen LogP contribution < -0.4 is 5.43 Å². The Morgan fingerprint density at radius 2 is 1.63 bits per heavy atom. The lowest BCUT2D eigenvalue weighted by Crippen LogP contribution is -2.30. The Balaban J connectivity index is 1.69. The SMILES string of the molecule is O=CC1CCC(C(=O)N/N=C/C2CCCCC2)CC1. The summed E-state index contributed by atoms with van der Waals surface area (Å²) in [5, 5.41) is 4.12. The molecule has 19 heavy (non-hydrogen) atoms. The van der Waals surface area contributed by atoms with Gasteiger partial charge >= 0.3 is 0 Å². The van der Waals surface area contributed by atoms with Gasteiger partial charge in [-0.3, -0.25) is 4.79 Å². The summed E-state index contributed by atoms with van der Waals surface area (Å²) in [6.45, 7) is 0. The third kappa shape index (κ3) is 4.44. The van der Waals surface area contributed by atoms with Crippen LogP contribution in [0.5, 0.6) is 0 Å². The van der Waals surface area contributed by atoms with E-state index in [0.717, 1.165) is 32.0 Å². The van der Waals surface area contributed by atoms with Crippen molar-refractivity contribution < 1.29 is 9.59 Å². The van der Waals surface area contributed by atoms with Gasteiger partial charge in [0.2, 0.25) is 5.91 Å². The van der Waals surface area contributed by atoms with Crippen LogP contribution >= 0.6 is 0 Å². The van der Waals surface area contributed by atoms with Gasteiger partial charge in [0, 0.05) is 18.1 Å². The van der Waals surface area contributed by atoms with Gasteiger partial charge in [-0.25, -0.2) is 5.43 Å². The molecule has 1 N–H and O–H groups in total. The summed E-state index contributed by atoms with van der Waals surface area (Å²) in [7, 11) is 0. The number of hydrogen-bond acceptors (Lipinski definition) is 3. The standard InChI is InChI=1S/C15H24N2O2/c18-11-13-6-8-14(9-7-13)15(19)17-16-10-12-4-2-1-3-5-12/h10-14H,1-9H2,(H,17,19)/b16-10+. The summed E-state index contributed by atoms with van der Waals surface area (Å²) >= 11 is 0. The lowest BCUT2D eigenvalue weighted by molar-refractivity contribution is -0.127. The van der Waals surface area contributed by atoms with Crippen LogP contribution in [0.1, 0.15) is 57.8 Å². The number of nitrogens with zero attached hydrogens (tertiary/aromatic N) is 1. The Kier molecular flexibility index (Phi) is 5.55. The first-order valence-electron chi connectivity index (χ1n) is 7.58. The maximum atomic E-state index is 11.9. The van der Waals surface area contributed by atoms with E-state index in [0.29, 0.717) is 5.92 Å². The monoisotopic (exact) mass is 264 g/mol. The second kappa shape index (κ2) is 7.41. The number of hydrazone groups is 1. The Hall–Kier alpha value is -1.19. The molecular formula is C15H24N2O2. The average Bonchev–Trinajstić information content (AvgIpc) is 2.48. The minimum Gasteiger partial charge on any atom is -0.303 e. The summed E-state index contributed by atoms with van der Waals surface area (Å²) in [5.41, 5.74) is 2.67. The molecular weight excluding hydrogens is 240 g/mol. The van der Waals surface area contributed by atoms with Gasteiger partial charge in [0.05, 0.1) is 0 Å². The molecule has 0 aromatic rings. The molecule has 4 nitrogen and oxygen atoms in total. The number of carbonyl (C=O) groups is 2. The van der Waals surface area contributed by atoms with Crippen LogP contribution in [0.25, 0.3) is 0 Å². The first kappa shape index (κ1) is 14.2. The molecule has 0 spiro atoms. The van der Waals surface area contributed by atoms with E-state index in [1.54, 1.807) is 0 Å². The van der Waals surface area contributed by atoms with Crippen molar-refractivity contribution in [3.05, 3.63) is 0 Å². The molecule has 0 atom stereocenters. The van der Waals surface area contributed by atoms with Gasteiger partial charge in [0.15, 0.2) is 0 Å². The Morgan fingerprint density at radius 1 is 0.947 bits per heavy atom. The molecule has 2 fully saturated rings. The molecule has 2 aliphatic rings. The van der Waals surface area contributed by atoms with Gasteiger partial charge in [-0.2, -0.15) is 5.10 Å². The quantitative estimate of drug-likeness (QED) is 0.482. The van der Waals surface area contributed by atoms with Gasteiger partial charge < -0.3 is 4.79 Å². The van der Waals surface area contributed by atoms with Crippen molar-refractivity contribution in [1.82, 2.24) is 5.43 Å². The van der Waals surface area contributed by atoms with Crippen molar-refractivity contribution in [2.75, 3.05) is 0 Å². The maximum Gasteiger partial charge on any atom is 0.243 e. The van der Waals surface area contributed by atoms with Crippen molar-refractivity contribution in [3.8, 4) is 0 Å². The average molecular weight is 264 g/mol. The number of amides is 1. The molecule has 0 aliphatic heterocycles. The molecule has 0 aromatic carbocycles. The van der Waals surface area contributed by atoms with Crippen LogP contribution in [0.15, 0.2) is 5.10 Å². The van der Waals surface area contributed by atoms with Gasteiger partial charge in [0.1, 0.15) is 6.29 Å². The van der Waals surface area contributed by atoms with Crippen LogP contribution in [0.3, 0.4) is 0 Å². The first-order valence-corrected chi connectivity index (χ1v) is 7.58. The molecule has 0 unspecified atom stereocenters. The van der Waals surface area contributed by atoms with E-state index in [-0.39, 0.29) is 17.7 Å². The highest BCUT2D eigenvalue weighted by molar-refractivity contribution is 5.79. The van der Waals surface area contributed by atoms with Crippen molar-refractivity contribution in [2.45, 2.75) is 57.8 Å². The summed E-state index contributed by atoms with van der Waals surface area (Å²) in [4.78, 5) is 22.6. The van der Waals surface area contributed by atoms with E-state index in [1.165, 1.54) is 32.1 Å². The van der Waals surface area contributed by atoms with E-state index in [2.05, 4.69) is 10.5 Å². The highest BCUT2D eigenvalue weighted by atomic mass is 16.2. The van der Waals surface area contributed by atoms with Gasteiger partial charge in [-0.05, 0) is 44.4 Å². The molecule has 0 heterocycles. The van der Waals surface area contributed by atoms with Crippen molar-refractivity contribution in [3.63, 3.8) is 0 Å².